The van der Waals surface area contributed by atoms with Crippen molar-refractivity contribution in [3.63, 3.8) is 0 Å². The number of likely N-dealkylation sites (tertiary alicyclic amines) is 1. The van der Waals surface area contributed by atoms with Crippen LogP contribution in [0.5, 0.6) is 0 Å². The van der Waals surface area contributed by atoms with Crippen molar-refractivity contribution in [3.05, 3.63) is 10.6 Å². The minimum absolute atomic E-state index is 0.0577. The summed E-state index contributed by atoms with van der Waals surface area (Å²) >= 11 is 1.59. The molecule has 3 rings (SSSR count). The standard InChI is InChI=1S/C16H25N3OS/c1-16(2)7-12-14(13(20)8-16)21-15(17-12)19(4)10-11-5-6-18(3)9-11/h11H,5-10H2,1-4H3. The maximum Gasteiger partial charge on any atom is 0.185 e. The van der Waals surface area contributed by atoms with Gasteiger partial charge in [-0.1, -0.05) is 25.2 Å². The van der Waals surface area contributed by atoms with E-state index in [0.717, 1.165) is 28.7 Å². The first kappa shape index (κ1) is 15.0. The lowest BCUT2D eigenvalue weighted by Crippen LogP contribution is -2.27. The number of hydrogen-bond donors (Lipinski definition) is 0. The van der Waals surface area contributed by atoms with Crippen LogP contribution in [0.2, 0.25) is 0 Å². The van der Waals surface area contributed by atoms with E-state index in [9.17, 15) is 4.79 Å². The minimum Gasteiger partial charge on any atom is -0.351 e. The summed E-state index contributed by atoms with van der Waals surface area (Å²) in [4.78, 5) is 22.6. The number of thiazole rings is 1. The van der Waals surface area contributed by atoms with Crippen LogP contribution < -0.4 is 4.90 Å². The van der Waals surface area contributed by atoms with E-state index >= 15 is 0 Å². The molecule has 2 aliphatic rings. The number of anilines is 1. The molecule has 1 atom stereocenters. The van der Waals surface area contributed by atoms with Gasteiger partial charge in [0.25, 0.3) is 0 Å². The van der Waals surface area contributed by atoms with E-state index in [-0.39, 0.29) is 11.2 Å². The Labute approximate surface area is 131 Å². The van der Waals surface area contributed by atoms with E-state index in [1.165, 1.54) is 19.5 Å². The molecule has 5 heteroatoms. The maximum absolute atomic E-state index is 12.3. The molecule has 1 aromatic heterocycles. The third-order valence-corrected chi connectivity index (χ3v) is 5.82. The molecule has 0 radical (unpaired) electrons. The number of Topliss-reactive ketones (excluding diaryl/α,β-unsaturated/α-hetero) is 1. The Bertz CT molecular complexity index is 552. The van der Waals surface area contributed by atoms with Crippen molar-refractivity contribution < 1.29 is 4.79 Å². The average Bonchev–Trinajstić information content (AvgIpc) is 2.94. The fourth-order valence-corrected chi connectivity index (χ4v) is 4.50. The number of nitrogens with zero attached hydrogens (tertiary/aromatic N) is 3. The molecule has 1 aliphatic heterocycles. The van der Waals surface area contributed by atoms with Gasteiger partial charge in [0.05, 0.1) is 10.6 Å². The Morgan fingerprint density at radius 1 is 1.43 bits per heavy atom. The second kappa shape index (κ2) is 5.36. The van der Waals surface area contributed by atoms with E-state index < -0.39 is 0 Å². The highest BCUT2D eigenvalue weighted by Crippen LogP contribution is 2.39. The molecule has 4 nitrogen and oxygen atoms in total. The number of ketones is 1. The predicted molar refractivity (Wildman–Crippen MR) is 87.4 cm³/mol. The van der Waals surface area contributed by atoms with Crippen LogP contribution in [0.4, 0.5) is 5.13 Å². The number of carbonyl (C=O) groups excluding carboxylic acids is 1. The smallest absolute Gasteiger partial charge is 0.185 e. The molecule has 0 aromatic carbocycles. The van der Waals surface area contributed by atoms with Crippen molar-refractivity contribution in [1.29, 1.82) is 0 Å². The van der Waals surface area contributed by atoms with Crippen molar-refractivity contribution in [2.75, 3.05) is 38.6 Å². The van der Waals surface area contributed by atoms with Crippen LogP contribution in [0.1, 0.15) is 42.1 Å². The third-order valence-electron chi connectivity index (χ3n) is 4.57. The van der Waals surface area contributed by atoms with Crippen LogP contribution >= 0.6 is 11.3 Å². The molecule has 0 spiro atoms. The van der Waals surface area contributed by atoms with Crippen molar-refractivity contribution >= 4 is 22.3 Å². The Morgan fingerprint density at radius 3 is 2.86 bits per heavy atom. The summed E-state index contributed by atoms with van der Waals surface area (Å²) in [5.41, 5.74) is 1.08. The van der Waals surface area contributed by atoms with Gasteiger partial charge in [-0.2, -0.15) is 0 Å². The first-order chi connectivity index (χ1) is 9.84. The van der Waals surface area contributed by atoms with E-state index in [1.807, 2.05) is 0 Å². The van der Waals surface area contributed by atoms with E-state index in [0.29, 0.717) is 12.3 Å². The molecular weight excluding hydrogens is 282 g/mol. The van der Waals surface area contributed by atoms with Crippen molar-refractivity contribution in [2.45, 2.75) is 33.1 Å². The lowest BCUT2D eigenvalue weighted by atomic mass is 9.78. The Hall–Kier alpha value is -0.940. The molecule has 1 saturated heterocycles. The molecule has 2 heterocycles. The first-order valence-electron chi connectivity index (χ1n) is 7.77. The number of fused-ring (bicyclic) bond motifs is 1. The molecule has 0 N–H and O–H groups in total. The topological polar surface area (TPSA) is 36.4 Å². The summed E-state index contributed by atoms with van der Waals surface area (Å²) in [6.07, 6.45) is 2.83. The van der Waals surface area contributed by atoms with Crippen LogP contribution in [0.3, 0.4) is 0 Å². The summed E-state index contributed by atoms with van der Waals surface area (Å²) < 4.78 is 0. The molecular formula is C16H25N3OS. The van der Waals surface area contributed by atoms with Crippen LogP contribution in [0.25, 0.3) is 0 Å². The van der Waals surface area contributed by atoms with Crippen LogP contribution in [-0.2, 0) is 6.42 Å². The average molecular weight is 307 g/mol. The predicted octanol–water partition coefficient (Wildman–Crippen LogP) is 2.69. The van der Waals surface area contributed by atoms with Gasteiger partial charge < -0.3 is 9.80 Å². The summed E-state index contributed by atoms with van der Waals surface area (Å²) in [5, 5.41) is 1.01. The molecule has 0 bridgehead atoms. The van der Waals surface area contributed by atoms with Crippen molar-refractivity contribution in [3.8, 4) is 0 Å². The Kier molecular flexibility index (Phi) is 3.82. The minimum atomic E-state index is 0.0577. The zero-order valence-electron chi connectivity index (χ0n) is 13.5. The monoisotopic (exact) mass is 307 g/mol. The molecule has 21 heavy (non-hydrogen) atoms. The second-order valence-electron chi connectivity index (χ2n) is 7.51. The van der Waals surface area contributed by atoms with Gasteiger partial charge in [-0.05, 0) is 37.8 Å². The highest BCUT2D eigenvalue weighted by molar-refractivity contribution is 7.17. The molecule has 116 valence electrons. The van der Waals surface area contributed by atoms with Crippen LogP contribution in [0, 0.1) is 11.3 Å². The molecule has 0 saturated carbocycles. The molecule has 1 fully saturated rings. The maximum atomic E-state index is 12.3. The molecule has 1 unspecified atom stereocenters. The van der Waals surface area contributed by atoms with Gasteiger partial charge in [-0.15, -0.1) is 0 Å². The van der Waals surface area contributed by atoms with Crippen molar-refractivity contribution in [2.24, 2.45) is 11.3 Å². The SMILES string of the molecule is CN1CCC(CN(C)c2nc3c(s2)C(=O)CC(C)(C)C3)C1. The number of aromatic nitrogens is 1. The van der Waals surface area contributed by atoms with Gasteiger partial charge in [-0.25, -0.2) is 4.98 Å². The van der Waals surface area contributed by atoms with Gasteiger partial charge in [0, 0.05) is 26.6 Å². The van der Waals surface area contributed by atoms with E-state index in [2.05, 4.69) is 37.7 Å². The Balaban J connectivity index is 1.74. The summed E-state index contributed by atoms with van der Waals surface area (Å²) in [7, 11) is 4.29. The van der Waals surface area contributed by atoms with E-state index in [1.54, 1.807) is 11.3 Å². The van der Waals surface area contributed by atoms with Gasteiger partial charge in [-0.3, -0.25) is 4.79 Å². The summed E-state index contributed by atoms with van der Waals surface area (Å²) in [6, 6.07) is 0. The van der Waals surface area contributed by atoms with Crippen LogP contribution in [-0.4, -0.2) is 49.4 Å². The fraction of sp³-hybridized carbons (Fsp3) is 0.750. The number of rotatable bonds is 3. The Morgan fingerprint density at radius 2 is 2.19 bits per heavy atom. The lowest BCUT2D eigenvalue weighted by Gasteiger charge is -2.26. The third kappa shape index (κ3) is 3.14. The number of hydrogen-bond acceptors (Lipinski definition) is 5. The second-order valence-corrected chi connectivity index (χ2v) is 8.49. The first-order valence-corrected chi connectivity index (χ1v) is 8.58. The molecule has 1 aromatic rings. The quantitative estimate of drug-likeness (QED) is 0.860. The molecule has 1 aliphatic carbocycles. The van der Waals surface area contributed by atoms with Crippen molar-refractivity contribution in [1.82, 2.24) is 9.88 Å². The highest BCUT2D eigenvalue weighted by atomic mass is 32.1. The van der Waals surface area contributed by atoms with Gasteiger partial charge >= 0.3 is 0 Å². The largest absolute Gasteiger partial charge is 0.351 e. The highest BCUT2D eigenvalue weighted by Gasteiger charge is 2.34. The summed E-state index contributed by atoms with van der Waals surface area (Å²) in [6.45, 7) is 7.71. The van der Waals surface area contributed by atoms with Gasteiger partial charge in [0.15, 0.2) is 10.9 Å². The fourth-order valence-electron chi connectivity index (χ4n) is 3.51. The zero-order chi connectivity index (χ0) is 15.2. The number of carbonyl (C=O) groups is 1. The van der Waals surface area contributed by atoms with Crippen LogP contribution in [0.15, 0.2) is 0 Å². The van der Waals surface area contributed by atoms with E-state index in [4.69, 9.17) is 4.98 Å². The molecule has 0 amide bonds. The van der Waals surface area contributed by atoms with Gasteiger partial charge in [0.1, 0.15) is 0 Å². The van der Waals surface area contributed by atoms with Gasteiger partial charge in [0.2, 0.25) is 0 Å². The zero-order valence-corrected chi connectivity index (χ0v) is 14.3. The lowest BCUT2D eigenvalue weighted by molar-refractivity contribution is 0.0916. The normalized spacial score (nSPS) is 25.1. The summed E-state index contributed by atoms with van der Waals surface area (Å²) in [5.74, 6) is 0.993.